The Morgan fingerprint density at radius 1 is 1.00 bits per heavy atom. The first-order valence-corrected chi connectivity index (χ1v) is 8.65. The second kappa shape index (κ2) is 8.94. The molecule has 0 unspecified atom stereocenters. The lowest BCUT2D eigenvalue weighted by Gasteiger charge is -2.07. The number of hydrazine groups is 1. The molecular formula is C14H25N3O2S. The first kappa shape index (κ1) is 16.9. The molecule has 0 aliphatic rings. The van der Waals surface area contributed by atoms with Gasteiger partial charge in [0.25, 0.3) is 0 Å². The van der Waals surface area contributed by atoms with Crippen molar-refractivity contribution < 1.29 is 8.42 Å². The summed E-state index contributed by atoms with van der Waals surface area (Å²) in [6.45, 7) is 2.67. The summed E-state index contributed by atoms with van der Waals surface area (Å²) in [5.74, 6) is 5.24. The van der Waals surface area contributed by atoms with Gasteiger partial charge >= 0.3 is 0 Å². The molecule has 0 saturated heterocycles. The first-order valence-electron chi connectivity index (χ1n) is 7.16. The molecule has 114 valence electrons. The molecule has 0 heterocycles. The Morgan fingerprint density at radius 3 is 2.20 bits per heavy atom. The van der Waals surface area contributed by atoms with Crippen LogP contribution in [0.2, 0.25) is 0 Å². The topological polar surface area (TPSA) is 84.2 Å². The number of nitrogen functional groups attached to an aromatic ring is 1. The molecule has 0 aliphatic heterocycles. The third kappa shape index (κ3) is 5.90. The molecule has 0 aromatic heterocycles. The van der Waals surface area contributed by atoms with Crippen molar-refractivity contribution in [2.24, 2.45) is 5.84 Å². The van der Waals surface area contributed by atoms with Gasteiger partial charge in [0.1, 0.15) is 0 Å². The number of hydrogen-bond donors (Lipinski definition) is 3. The second-order valence-electron chi connectivity index (χ2n) is 4.83. The van der Waals surface area contributed by atoms with E-state index in [-0.39, 0.29) is 4.90 Å². The van der Waals surface area contributed by atoms with Gasteiger partial charge in [0, 0.05) is 12.2 Å². The minimum Gasteiger partial charge on any atom is -0.324 e. The van der Waals surface area contributed by atoms with Crippen LogP contribution in [-0.4, -0.2) is 15.0 Å². The van der Waals surface area contributed by atoms with Gasteiger partial charge in [0.2, 0.25) is 10.0 Å². The molecule has 0 atom stereocenters. The summed E-state index contributed by atoms with van der Waals surface area (Å²) in [4.78, 5) is 0.266. The standard InChI is InChI=1S/C14H25N3O2S/c1-2-3-4-5-6-7-12-16-20(18,19)14-10-8-13(17-15)9-11-14/h8-11,16-17H,2-7,12,15H2,1H3. The zero-order valence-electron chi connectivity index (χ0n) is 12.1. The van der Waals surface area contributed by atoms with E-state index < -0.39 is 10.0 Å². The molecule has 0 radical (unpaired) electrons. The van der Waals surface area contributed by atoms with Crippen molar-refractivity contribution in [3.63, 3.8) is 0 Å². The van der Waals surface area contributed by atoms with Gasteiger partial charge in [-0.3, -0.25) is 5.84 Å². The van der Waals surface area contributed by atoms with E-state index in [1.165, 1.54) is 25.7 Å². The molecule has 1 aromatic carbocycles. The number of nitrogens with two attached hydrogens (primary N) is 1. The van der Waals surface area contributed by atoms with Crippen molar-refractivity contribution in [1.29, 1.82) is 0 Å². The van der Waals surface area contributed by atoms with Gasteiger partial charge in [-0.15, -0.1) is 0 Å². The highest BCUT2D eigenvalue weighted by molar-refractivity contribution is 7.89. The van der Waals surface area contributed by atoms with Gasteiger partial charge < -0.3 is 5.43 Å². The Labute approximate surface area is 122 Å². The van der Waals surface area contributed by atoms with Crippen molar-refractivity contribution in [1.82, 2.24) is 4.72 Å². The molecule has 6 heteroatoms. The number of benzene rings is 1. The highest BCUT2D eigenvalue weighted by atomic mass is 32.2. The average Bonchev–Trinajstić information content (AvgIpc) is 2.46. The van der Waals surface area contributed by atoms with Crippen LogP contribution in [-0.2, 0) is 10.0 Å². The maximum atomic E-state index is 12.0. The van der Waals surface area contributed by atoms with Crippen molar-refractivity contribution in [2.45, 2.75) is 50.3 Å². The van der Waals surface area contributed by atoms with Crippen molar-refractivity contribution in [3.05, 3.63) is 24.3 Å². The zero-order valence-corrected chi connectivity index (χ0v) is 12.9. The van der Waals surface area contributed by atoms with Crippen LogP contribution in [0.15, 0.2) is 29.2 Å². The van der Waals surface area contributed by atoms with Crippen LogP contribution in [0, 0.1) is 0 Å². The molecule has 0 amide bonds. The molecule has 5 nitrogen and oxygen atoms in total. The third-order valence-electron chi connectivity index (χ3n) is 3.15. The maximum Gasteiger partial charge on any atom is 0.240 e. The lowest BCUT2D eigenvalue weighted by atomic mass is 10.1. The fourth-order valence-electron chi connectivity index (χ4n) is 1.93. The molecular weight excluding hydrogens is 274 g/mol. The summed E-state index contributed by atoms with van der Waals surface area (Å²) in [5, 5.41) is 0. The minimum atomic E-state index is -3.40. The summed E-state index contributed by atoms with van der Waals surface area (Å²) >= 11 is 0. The lowest BCUT2D eigenvalue weighted by molar-refractivity contribution is 0.567. The monoisotopic (exact) mass is 299 g/mol. The Hall–Kier alpha value is -1.11. The predicted molar refractivity (Wildman–Crippen MR) is 82.8 cm³/mol. The second-order valence-corrected chi connectivity index (χ2v) is 6.60. The third-order valence-corrected chi connectivity index (χ3v) is 4.63. The van der Waals surface area contributed by atoms with Gasteiger partial charge in [-0.2, -0.15) is 0 Å². The summed E-state index contributed by atoms with van der Waals surface area (Å²) in [7, 11) is -3.40. The van der Waals surface area contributed by atoms with E-state index in [9.17, 15) is 8.42 Å². The minimum absolute atomic E-state index is 0.266. The van der Waals surface area contributed by atoms with Crippen LogP contribution in [0.1, 0.15) is 45.4 Å². The highest BCUT2D eigenvalue weighted by Gasteiger charge is 2.12. The van der Waals surface area contributed by atoms with Crippen molar-refractivity contribution in [3.8, 4) is 0 Å². The number of sulfonamides is 1. The number of anilines is 1. The van der Waals surface area contributed by atoms with Crippen LogP contribution in [0.3, 0.4) is 0 Å². The fraction of sp³-hybridized carbons (Fsp3) is 0.571. The fourth-order valence-corrected chi connectivity index (χ4v) is 3.00. The molecule has 0 aliphatic carbocycles. The Morgan fingerprint density at radius 2 is 1.60 bits per heavy atom. The highest BCUT2D eigenvalue weighted by Crippen LogP contribution is 2.13. The van der Waals surface area contributed by atoms with E-state index in [2.05, 4.69) is 17.1 Å². The van der Waals surface area contributed by atoms with Gasteiger partial charge in [-0.25, -0.2) is 13.1 Å². The molecule has 1 rings (SSSR count). The van der Waals surface area contributed by atoms with Crippen LogP contribution in [0.5, 0.6) is 0 Å². The van der Waals surface area contributed by atoms with Crippen LogP contribution in [0.4, 0.5) is 5.69 Å². The summed E-state index contributed by atoms with van der Waals surface area (Å²) in [5.41, 5.74) is 3.15. The largest absolute Gasteiger partial charge is 0.324 e. The molecule has 20 heavy (non-hydrogen) atoms. The molecule has 0 spiro atoms. The molecule has 0 bridgehead atoms. The van der Waals surface area contributed by atoms with Crippen LogP contribution in [0.25, 0.3) is 0 Å². The van der Waals surface area contributed by atoms with Gasteiger partial charge in [-0.05, 0) is 30.7 Å². The first-order chi connectivity index (χ1) is 9.60. The normalized spacial score (nSPS) is 11.5. The number of unbranched alkanes of at least 4 members (excludes halogenated alkanes) is 5. The SMILES string of the molecule is CCCCCCCCNS(=O)(=O)c1ccc(NN)cc1. The maximum absolute atomic E-state index is 12.0. The van der Waals surface area contributed by atoms with Crippen LogP contribution >= 0.6 is 0 Å². The quantitative estimate of drug-likeness (QED) is 0.352. The zero-order chi connectivity index (χ0) is 14.8. The van der Waals surface area contributed by atoms with E-state index in [1.807, 2.05) is 0 Å². The Balaban J connectivity index is 2.33. The molecule has 0 fully saturated rings. The Bertz CT molecular complexity index is 472. The predicted octanol–water partition coefficient (Wildman–Crippen LogP) is 2.61. The smallest absolute Gasteiger partial charge is 0.240 e. The number of rotatable bonds is 10. The summed E-state index contributed by atoms with van der Waals surface area (Å²) in [6.07, 6.45) is 6.83. The van der Waals surface area contributed by atoms with Crippen LogP contribution < -0.4 is 16.0 Å². The molecule has 0 saturated carbocycles. The van der Waals surface area contributed by atoms with E-state index in [0.29, 0.717) is 12.2 Å². The molecule has 4 N–H and O–H groups in total. The van der Waals surface area contributed by atoms with Crippen molar-refractivity contribution >= 4 is 15.7 Å². The van der Waals surface area contributed by atoms with Gasteiger partial charge in [0.15, 0.2) is 0 Å². The lowest BCUT2D eigenvalue weighted by Crippen LogP contribution is -2.24. The average molecular weight is 299 g/mol. The van der Waals surface area contributed by atoms with E-state index in [0.717, 1.165) is 12.8 Å². The Kier molecular flexibility index (Phi) is 7.58. The van der Waals surface area contributed by atoms with E-state index in [4.69, 9.17) is 5.84 Å². The van der Waals surface area contributed by atoms with Crippen molar-refractivity contribution in [2.75, 3.05) is 12.0 Å². The molecule has 1 aromatic rings. The van der Waals surface area contributed by atoms with E-state index >= 15 is 0 Å². The summed E-state index contributed by atoms with van der Waals surface area (Å²) < 4.78 is 26.6. The van der Waals surface area contributed by atoms with Gasteiger partial charge in [-0.1, -0.05) is 39.0 Å². The number of hydrogen-bond acceptors (Lipinski definition) is 4. The number of nitrogens with one attached hydrogen (secondary N) is 2. The van der Waals surface area contributed by atoms with Gasteiger partial charge in [0.05, 0.1) is 4.90 Å². The summed E-state index contributed by atoms with van der Waals surface area (Å²) in [6, 6.07) is 6.36. The van der Waals surface area contributed by atoms with E-state index in [1.54, 1.807) is 24.3 Å².